The first-order valence-corrected chi connectivity index (χ1v) is 6.26. The SMILES string of the molecule is O=S(=O)(Nc1ccccc1)c1ncccc1F. The van der Waals surface area contributed by atoms with Crippen LogP contribution in [-0.4, -0.2) is 13.4 Å². The van der Waals surface area contributed by atoms with E-state index in [0.717, 1.165) is 6.07 Å². The van der Waals surface area contributed by atoms with Gasteiger partial charge in [-0.3, -0.25) is 4.72 Å². The third kappa shape index (κ3) is 2.59. The number of hydrogen-bond donors (Lipinski definition) is 1. The van der Waals surface area contributed by atoms with E-state index in [2.05, 4.69) is 9.71 Å². The second-order valence-electron chi connectivity index (χ2n) is 3.26. The first kappa shape index (κ1) is 11.5. The van der Waals surface area contributed by atoms with Crippen LogP contribution in [0.1, 0.15) is 0 Å². The summed E-state index contributed by atoms with van der Waals surface area (Å²) in [5.41, 5.74) is 0.359. The monoisotopic (exact) mass is 252 g/mol. The zero-order valence-corrected chi connectivity index (χ0v) is 9.49. The topological polar surface area (TPSA) is 59.1 Å². The van der Waals surface area contributed by atoms with Crippen molar-refractivity contribution in [2.24, 2.45) is 0 Å². The van der Waals surface area contributed by atoms with Gasteiger partial charge in [0.05, 0.1) is 0 Å². The van der Waals surface area contributed by atoms with Gasteiger partial charge in [0.25, 0.3) is 10.0 Å². The molecule has 1 N–H and O–H groups in total. The third-order valence-corrected chi connectivity index (χ3v) is 3.32. The third-order valence-electron chi connectivity index (χ3n) is 2.01. The average Bonchev–Trinajstić information content (AvgIpc) is 2.30. The smallest absolute Gasteiger partial charge is 0.278 e. The van der Waals surface area contributed by atoms with Gasteiger partial charge in [-0.1, -0.05) is 18.2 Å². The number of nitrogens with zero attached hydrogens (tertiary/aromatic N) is 1. The van der Waals surface area contributed by atoms with Gasteiger partial charge >= 0.3 is 0 Å². The van der Waals surface area contributed by atoms with Crippen LogP contribution in [0.15, 0.2) is 53.7 Å². The zero-order chi connectivity index (χ0) is 12.3. The predicted octanol–water partition coefficient (Wildman–Crippen LogP) is 2.02. The summed E-state index contributed by atoms with van der Waals surface area (Å²) in [6.07, 6.45) is 1.22. The molecule has 0 atom stereocenters. The summed E-state index contributed by atoms with van der Waals surface area (Å²) in [4.78, 5) is 3.52. The van der Waals surface area contributed by atoms with Crippen molar-refractivity contribution in [2.75, 3.05) is 4.72 Å². The molecule has 2 rings (SSSR count). The molecular weight excluding hydrogens is 243 g/mol. The van der Waals surface area contributed by atoms with Crippen molar-refractivity contribution in [1.82, 2.24) is 4.98 Å². The molecule has 0 aliphatic heterocycles. The van der Waals surface area contributed by atoms with Gasteiger partial charge in [-0.2, -0.15) is 8.42 Å². The molecular formula is C11H9FN2O2S. The normalized spacial score (nSPS) is 11.1. The van der Waals surface area contributed by atoms with Gasteiger partial charge in [0.1, 0.15) is 0 Å². The van der Waals surface area contributed by atoms with Gasteiger partial charge in [0.2, 0.25) is 5.03 Å². The Balaban J connectivity index is 2.36. The van der Waals surface area contributed by atoms with Crippen LogP contribution >= 0.6 is 0 Å². The molecule has 0 aliphatic rings. The van der Waals surface area contributed by atoms with Crippen LogP contribution in [0.5, 0.6) is 0 Å². The summed E-state index contributed by atoms with van der Waals surface area (Å²) in [6.45, 7) is 0. The fraction of sp³-hybridized carbons (Fsp3) is 0. The number of benzene rings is 1. The number of pyridine rings is 1. The molecule has 0 amide bonds. The second kappa shape index (κ2) is 4.50. The molecule has 6 heteroatoms. The van der Waals surface area contributed by atoms with Gasteiger partial charge < -0.3 is 0 Å². The number of sulfonamides is 1. The van der Waals surface area contributed by atoms with Crippen molar-refractivity contribution in [3.63, 3.8) is 0 Å². The molecule has 0 aliphatic carbocycles. The molecule has 1 aromatic heterocycles. The minimum atomic E-state index is -3.98. The van der Waals surface area contributed by atoms with Crippen LogP contribution in [0.2, 0.25) is 0 Å². The Bertz CT molecular complexity index is 614. The highest BCUT2D eigenvalue weighted by molar-refractivity contribution is 7.92. The second-order valence-corrected chi connectivity index (χ2v) is 4.86. The van der Waals surface area contributed by atoms with Crippen molar-refractivity contribution < 1.29 is 12.8 Å². The number of hydrogen-bond acceptors (Lipinski definition) is 3. The number of nitrogens with one attached hydrogen (secondary N) is 1. The minimum absolute atomic E-state index is 0.359. The highest BCUT2D eigenvalue weighted by Crippen LogP contribution is 2.15. The summed E-state index contributed by atoms with van der Waals surface area (Å²) < 4.78 is 39.2. The largest absolute Gasteiger partial charge is 0.282 e. The summed E-state index contributed by atoms with van der Waals surface area (Å²) in [7, 11) is -3.98. The van der Waals surface area contributed by atoms with Crippen LogP contribution < -0.4 is 4.72 Å². The predicted molar refractivity (Wildman–Crippen MR) is 61.4 cm³/mol. The molecule has 0 radical (unpaired) electrons. The number of para-hydroxylation sites is 1. The fourth-order valence-electron chi connectivity index (χ4n) is 1.28. The van der Waals surface area contributed by atoms with Gasteiger partial charge in [-0.05, 0) is 24.3 Å². The molecule has 1 aromatic carbocycles. The van der Waals surface area contributed by atoms with E-state index >= 15 is 0 Å². The first-order chi connectivity index (χ1) is 8.09. The summed E-state index contributed by atoms with van der Waals surface area (Å²) in [5.74, 6) is -0.879. The zero-order valence-electron chi connectivity index (χ0n) is 8.67. The van der Waals surface area contributed by atoms with Crippen molar-refractivity contribution >= 4 is 15.7 Å². The number of aromatic nitrogens is 1. The molecule has 0 fully saturated rings. The Labute approximate surface area is 98.2 Å². The Kier molecular flexibility index (Phi) is 3.06. The standard InChI is InChI=1S/C11H9FN2O2S/c12-10-7-4-8-13-11(10)17(15,16)14-9-5-2-1-3-6-9/h1-8,14H. The van der Waals surface area contributed by atoms with E-state index in [1.54, 1.807) is 30.3 Å². The number of anilines is 1. The van der Waals surface area contributed by atoms with E-state index in [-0.39, 0.29) is 0 Å². The minimum Gasteiger partial charge on any atom is -0.278 e. The van der Waals surface area contributed by atoms with Crippen LogP contribution in [0.3, 0.4) is 0 Å². The molecule has 0 bridgehead atoms. The van der Waals surface area contributed by atoms with Crippen molar-refractivity contribution in [2.45, 2.75) is 5.03 Å². The van der Waals surface area contributed by atoms with Crippen LogP contribution in [-0.2, 0) is 10.0 Å². The van der Waals surface area contributed by atoms with Crippen molar-refractivity contribution in [3.05, 3.63) is 54.5 Å². The Hall–Kier alpha value is -1.95. The van der Waals surface area contributed by atoms with Gasteiger partial charge in [0.15, 0.2) is 5.82 Å². The van der Waals surface area contributed by atoms with Crippen molar-refractivity contribution in [3.8, 4) is 0 Å². The maximum absolute atomic E-state index is 13.3. The first-order valence-electron chi connectivity index (χ1n) is 4.78. The highest BCUT2D eigenvalue weighted by atomic mass is 32.2. The average molecular weight is 252 g/mol. The number of rotatable bonds is 3. The van der Waals surface area contributed by atoms with E-state index in [1.807, 2.05) is 0 Å². The molecule has 88 valence electrons. The maximum atomic E-state index is 13.3. The molecule has 0 saturated carbocycles. The lowest BCUT2D eigenvalue weighted by molar-refractivity contribution is 0.557. The molecule has 0 spiro atoms. The Morgan fingerprint density at radius 2 is 1.76 bits per heavy atom. The molecule has 0 saturated heterocycles. The van der Waals surface area contributed by atoms with E-state index in [1.165, 1.54) is 12.3 Å². The molecule has 1 heterocycles. The lowest BCUT2D eigenvalue weighted by Gasteiger charge is -2.07. The van der Waals surface area contributed by atoms with Crippen LogP contribution in [0.25, 0.3) is 0 Å². The molecule has 0 unspecified atom stereocenters. The Morgan fingerprint density at radius 1 is 1.06 bits per heavy atom. The van der Waals surface area contributed by atoms with Crippen LogP contribution in [0.4, 0.5) is 10.1 Å². The van der Waals surface area contributed by atoms with E-state index < -0.39 is 20.9 Å². The Morgan fingerprint density at radius 3 is 2.41 bits per heavy atom. The lowest BCUT2D eigenvalue weighted by Crippen LogP contribution is -2.16. The summed E-state index contributed by atoms with van der Waals surface area (Å²) >= 11 is 0. The van der Waals surface area contributed by atoms with Gasteiger partial charge in [0, 0.05) is 11.9 Å². The van der Waals surface area contributed by atoms with E-state index in [0.29, 0.717) is 5.69 Å². The number of halogens is 1. The highest BCUT2D eigenvalue weighted by Gasteiger charge is 2.20. The van der Waals surface area contributed by atoms with Gasteiger partial charge in [-0.15, -0.1) is 0 Å². The fourth-order valence-corrected chi connectivity index (χ4v) is 2.35. The lowest BCUT2D eigenvalue weighted by atomic mass is 10.3. The maximum Gasteiger partial charge on any atom is 0.282 e. The van der Waals surface area contributed by atoms with Crippen molar-refractivity contribution in [1.29, 1.82) is 0 Å². The molecule has 4 nitrogen and oxygen atoms in total. The molecule has 2 aromatic rings. The van der Waals surface area contributed by atoms with Gasteiger partial charge in [-0.25, -0.2) is 9.37 Å². The quantitative estimate of drug-likeness (QED) is 0.909. The summed E-state index contributed by atoms with van der Waals surface area (Å²) in [5, 5.41) is -0.608. The molecule has 17 heavy (non-hydrogen) atoms. The summed E-state index contributed by atoms with van der Waals surface area (Å²) in [6, 6.07) is 10.6. The van der Waals surface area contributed by atoms with Crippen LogP contribution in [0, 0.1) is 5.82 Å². The van der Waals surface area contributed by atoms with E-state index in [4.69, 9.17) is 0 Å². The van der Waals surface area contributed by atoms with E-state index in [9.17, 15) is 12.8 Å².